The van der Waals surface area contributed by atoms with E-state index in [-0.39, 0.29) is 39.7 Å². The van der Waals surface area contributed by atoms with Gasteiger partial charge in [0.1, 0.15) is 11.5 Å². The van der Waals surface area contributed by atoms with E-state index in [1.54, 1.807) is 42.5 Å². The van der Waals surface area contributed by atoms with Crippen LogP contribution in [0, 0.1) is 0 Å². The van der Waals surface area contributed by atoms with Gasteiger partial charge in [0.25, 0.3) is 0 Å². The van der Waals surface area contributed by atoms with E-state index in [4.69, 9.17) is 9.47 Å². The highest BCUT2D eigenvalue weighted by Crippen LogP contribution is 2.29. The number of ketones is 2. The number of methoxy groups -OCH3 is 2. The van der Waals surface area contributed by atoms with Crippen molar-refractivity contribution < 1.29 is 27.5 Å². The second-order valence-corrected chi connectivity index (χ2v) is 8.72. The van der Waals surface area contributed by atoms with Crippen LogP contribution >= 0.6 is 0 Å². The maximum Gasteiger partial charge on any atom is 0.240 e. The van der Waals surface area contributed by atoms with Crippen molar-refractivity contribution in [1.29, 1.82) is 0 Å². The fraction of sp³-hybridized carbons (Fsp3) is 0.130. The van der Waals surface area contributed by atoms with Gasteiger partial charge in [0.15, 0.2) is 11.6 Å². The molecule has 0 unspecified atom stereocenters. The Morgan fingerprint density at radius 3 is 1.87 bits per heavy atom. The molecule has 0 aliphatic heterocycles. The highest BCUT2D eigenvalue weighted by molar-refractivity contribution is 7.89. The number of hydrogen-bond donors (Lipinski definition) is 1. The highest BCUT2D eigenvalue weighted by atomic mass is 32.2. The second-order valence-electron chi connectivity index (χ2n) is 6.96. The number of carbonyl (C=O) groups is 2. The van der Waals surface area contributed by atoms with Crippen LogP contribution in [0.3, 0.4) is 0 Å². The van der Waals surface area contributed by atoms with Crippen LogP contribution in [-0.4, -0.2) is 34.2 Å². The first kappa shape index (κ1) is 20.8. The lowest BCUT2D eigenvalue weighted by atomic mass is 9.84. The van der Waals surface area contributed by atoms with E-state index in [1.165, 1.54) is 32.4 Å². The van der Waals surface area contributed by atoms with Gasteiger partial charge in [0.05, 0.1) is 19.1 Å². The maximum atomic E-state index is 12.9. The summed E-state index contributed by atoms with van der Waals surface area (Å²) in [6, 6.07) is 15.5. The molecule has 0 saturated carbocycles. The van der Waals surface area contributed by atoms with Gasteiger partial charge in [0.2, 0.25) is 10.0 Å². The summed E-state index contributed by atoms with van der Waals surface area (Å²) in [5.74, 6) is 0.389. The van der Waals surface area contributed by atoms with Crippen molar-refractivity contribution in [3.8, 4) is 11.5 Å². The Morgan fingerprint density at radius 1 is 0.742 bits per heavy atom. The van der Waals surface area contributed by atoms with Crippen molar-refractivity contribution in [3.05, 3.63) is 88.5 Å². The minimum atomic E-state index is -3.94. The van der Waals surface area contributed by atoms with Crippen LogP contribution < -0.4 is 14.2 Å². The third-order valence-corrected chi connectivity index (χ3v) is 6.48. The Balaban J connectivity index is 1.63. The topological polar surface area (TPSA) is 98.8 Å². The molecule has 0 fully saturated rings. The van der Waals surface area contributed by atoms with E-state index >= 15 is 0 Å². The molecule has 4 rings (SSSR count). The number of carbonyl (C=O) groups excluding carboxylic acids is 2. The summed E-state index contributed by atoms with van der Waals surface area (Å²) in [7, 11) is -0.932. The number of sulfonamides is 1. The van der Waals surface area contributed by atoms with E-state index in [0.29, 0.717) is 22.6 Å². The van der Waals surface area contributed by atoms with E-state index in [2.05, 4.69) is 4.72 Å². The molecular weight excluding hydrogens is 418 g/mol. The molecule has 3 aromatic carbocycles. The quantitative estimate of drug-likeness (QED) is 0.498. The molecule has 158 valence electrons. The van der Waals surface area contributed by atoms with Crippen molar-refractivity contribution in [2.75, 3.05) is 14.2 Å². The zero-order valence-corrected chi connectivity index (χ0v) is 17.7. The molecule has 7 nitrogen and oxygen atoms in total. The summed E-state index contributed by atoms with van der Waals surface area (Å²) in [6.07, 6.45) is 0. The number of ether oxygens (including phenoxy) is 2. The molecule has 0 radical (unpaired) electrons. The Kier molecular flexibility index (Phi) is 5.34. The van der Waals surface area contributed by atoms with Gasteiger partial charge in [-0.15, -0.1) is 0 Å². The van der Waals surface area contributed by atoms with Crippen LogP contribution in [0.2, 0.25) is 0 Å². The van der Waals surface area contributed by atoms with Gasteiger partial charge in [-0.1, -0.05) is 24.3 Å². The normalized spacial score (nSPS) is 12.8. The number of hydrogen-bond acceptors (Lipinski definition) is 6. The molecule has 0 atom stereocenters. The van der Waals surface area contributed by atoms with Gasteiger partial charge < -0.3 is 9.47 Å². The maximum absolute atomic E-state index is 12.9. The number of nitrogens with one attached hydrogen (secondary N) is 1. The minimum Gasteiger partial charge on any atom is -0.497 e. The van der Waals surface area contributed by atoms with Crippen molar-refractivity contribution in [1.82, 2.24) is 4.72 Å². The fourth-order valence-corrected chi connectivity index (χ4v) is 4.52. The lowest BCUT2D eigenvalue weighted by Crippen LogP contribution is -2.25. The Labute approximate surface area is 179 Å². The van der Waals surface area contributed by atoms with Crippen LogP contribution in [0.4, 0.5) is 0 Å². The van der Waals surface area contributed by atoms with Gasteiger partial charge in [0, 0.05) is 34.9 Å². The van der Waals surface area contributed by atoms with E-state index < -0.39 is 10.0 Å². The van der Waals surface area contributed by atoms with Crippen molar-refractivity contribution in [3.63, 3.8) is 0 Å². The van der Waals surface area contributed by atoms with E-state index in [9.17, 15) is 18.0 Å². The third kappa shape index (κ3) is 3.83. The van der Waals surface area contributed by atoms with Gasteiger partial charge in [-0.3, -0.25) is 9.59 Å². The zero-order valence-electron chi connectivity index (χ0n) is 16.8. The summed E-state index contributed by atoms with van der Waals surface area (Å²) < 4.78 is 38.6. The van der Waals surface area contributed by atoms with Crippen molar-refractivity contribution in [2.45, 2.75) is 11.4 Å². The molecule has 31 heavy (non-hydrogen) atoms. The monoisotopic (exact) mass is 437 g/mol. The summed E-state index contributed by atoms with van der Waals surface area (Å²) in [4.78, 5) is 25.5. The zero-order chi connectivity index (χ0) is 22.2. The Hall–Kier alpha value is -3.49. The number of benzene rings is 3. The van der Waals surface area contributed by atoms with Gasteiger partial charge in [-0.2, -0.15) is 0 Å². The van der Waals surface area contributed by atoms with Crippen LogP contribution in [-0.2, 0) is 16.6 Å². The molecular formula is C23H19NO6S. The molecule has 1 aliphatic rings. The number of fused-ring (bicyclic) bond motifs is 2. The lowest BCUT2D eigenvalue weighted by molar-refractivity contribution is 0.0979. The first-order chi connectivity index (χ1) is 14.8. The molecule has 1 N–H and O–H groups in total. The minimum absolute atomic E-state index is 0.0112. The van der Waals surface area contributed by atoms with Crippen molar-refractivity contribution >= 4 is 21.6 Å². The Bertz CT molecular complexity index is 1290. The number of rotatable bonds is 6. The molecule has 0 saturated heterocycles. The van der Waals surface area contributed by atoms with Gasteiger partial charge in [-0.05, 0) is 35.9 Å². The predicted molar refractivity (Wildman–Crippen MR) is 113 cm³/mol. The summed E-state index contributed by atoms with van der Waals surface area (Å²) in [5.41, 5.74) is 1.50. The fourth-order valence-electron chi connectivity index (χ4n) is 3.48. The molecule has 0 bridgehead atoms. The van der Waals surface area contributed by atoms with Crippen molar-refractivity contribution in [2.24, 2.45) is 0 Å². The molecule has 0 aromatic heterocycles. The van der Waals surface area contributed by atoms with Gasteiger partial charge >= 0.3 is 0 Å². The SMILES string of the molecule is COc1cc(CNS(=O)(=O)c2ccc3c(c2)C(=O)c2ccccc2C3=O)cc(OC)c1. The summed E-state index contributed by atoms with van der Waals surface area (Å²) in [6.45, 7) is -0.0112. The molecule has 0 amide bonds. The largest absolute Gasteiger partial charge is 0.497 e. The Morgan fingerprint density at radius 2 is 1.29 bits per heavy atom. The van der Waals surface area contributed by atoms with E-state index in [1.807, 2.05) is 0 Å². The molecule has 3 aromatic rings. The standard InChI is InChI=1S/C23H19NO6S/c1-29-15-9-14(10-16(11-15)30-2)13-24-31(27,28)17-7-8-20-21(12-17)23(26)19-6-4-3-5-18(19)22(20)25/h3-12,24H,13H2,1-2H3. The second kappa shape index (κ2) is 7.98. The predicted octanol–water partition coefficient (Wildman–Crippen LogP) is 2.96. The summed E-state index contributed by atoms with van der Waals surface area (Å²) in [5, 5.41) is 0. The summed E-state index contributed by atoms with van der Waals surface area (Å²) >= 11 is 0. The average molecular weight is 437 g/mol. The molecule has 8 heteroatoms. The van der Waals surface area contributed by atoms with E-state index in [0.717, 1.165) is 0 Å². The van der Waals surface area contributed by atoms with Crippen LogP contribution in [0.15, 0.2) is 65.6 Å². The first-order valence-corrected chi connectivity index (χ1v) is 10.9. The average Bonchev–Trinajstić information content (AvgIpc) is 2.80. The van der Waals surface area contributed by atoms with Gasteiger partial charge in [-0.25, -0.2) is 13.1 Å². The van der Waals surface area contributed by atoms with Crippen LogP contribution in [0.5, 0.6) is 11.5 Å². The third-order valence-electron chi connectivity index (χ3n) is 5.08. The lowest BCUT2D eigenvalue weighted by Gasteiger charge is -2.18. The highest BCUT2D eigenvalue weighted by Gasteiger charge is 2.30. The molecule has 0 heterocycles. The first-order valence-electron chi connectivity index (χ1n) is 9.38. The molecule has 1 aliphatic carbocycles. The smallest absolute Gasteiger partial charge is 0.240 e. The van der Waals surface area contributed by atoms with Crippen LogP contribution in [0.25, 0.3) is 0 Å². The molecule has 0 spiro atoms. The van der Waals surface area contributed by atoms with Crippen LogP contribution in [0.1, 0.15) is 37.4 Å².